The third kappa shape index (κ3) is 67.0. The largest absolute Gasteiger partial charge is 0.472 e. The lowest BCUT2D eigenvalue weighted by atomic mass is 9.99. The number of phosphoric ester groups is 2. The van der Waals surface area contributed by atoms with Crippen molar-refractivity contribution in [3.63, 3.8) is 0 Å². The van der Waals surface area contributed by atoms with Crippen LogP contribution < -0.4 is 0 Å². The van der Waals surface area contributed by atoms with Crippen LogP contribution in [0.3, 0.4) is 0 Å². The third-order valence-electron chi connectivity index (χ3n) is 17.6. The molecule has 0 aliphatic heterocycles. The number of carbonyl (C=O) groups is 4. The number of hydrogen-bond donors (Lipinski definition) is 3. The van der Waals surface area contributed by atoms with Gasteiger partial charge in [0.1, 0.15) is 19.3 Å². The average molecular weight is 1370 g/mol. The Bertz CT molecular complexity index is 1810. The van der Waals surface area contributed by atoms with E-state index in [-0.39, 0.29) is 25.7 Å². The Morgan fingerprint density at radius 2 is 0.548 bits per heavy atom. The summed E-state index contributed by atoms with van der Waals surface area (Å²) < 4.78 is 68.4. The highest BCUT2D eigenvalue weighted by Gasteiger charge is 2.30. The number of carbonyl (C=O) groups excluding carboxylic acids is 4. The molecular formula is C74H144O17P2. The van der Waals surface area contributed by atoms with Gasteiger partial charge in [-0.15, -0.1) is 0 Å². The highest BCUT2D eigenvalue weighted by atomic mass is 31.2. The molecule has 0 radical (unpaired) electrons. The molecule has 0 saturated heterocycles. The molecule has 3 N–H and O–H groups in total. The highest BCUT2D eigenvalue weighted by molar-refractivity contribution is 7.47. The minimum atomic E-state index is -4.95. The van der Waals surface area contributed by atoms with E-state index in [1.165, 1.54) is 193 Å². The summed E-state index contributed by atoms with van der Waals surface area (Å²) in [5, 5.41) is 10.6. The van der Waals surface area contributed by atoms with E-state index >= 15 is 0 Å². The Hall–Kier alpha value is -1.94. The van der Waals surface area contributed by atoms with Crippen molar-refractivity contribution in [1.29, 1.82) is 0 Å². The molecule has 0 bridgehead atoms. The Kier molecular flexibility index (Phi) is 64.6. The lowest BCUT2D eigenvalue weighted by Crippen LogP contribution is -2.30. The first-order valence-electron chi connectivity index (χ1n) is 38.5. The summed E-state index contributed by atoms with van der Waals surface area (Å²) in [5.41, 5.74) is 0. The maximum atomic E-state index is 13.1. The molecule has 19 heteroatoms. The van der Waals surface area contributed by atoms with Gasteiger partial charge in [0, 0.05) is 25.7 Å². The van der Waals surface area contributed by atoms with Crippen molar-refractivity contribution >= 4 is 39.5 Å². The molecule has 3 unspecified atom stereocenters. The van der Waals surface area contributed by atoms with Crippen LogP contribution in [0.1, 0.15) is 382 Å². The highest BCUT2D eigenvalue weighted by Crippen LogP contribution is 2.45. The van der Waals surface area contributed by atoms with E-state index < -0.39 is 97.5 Å². The molecule has 0 aliphatic rings. The molecule has 0 amide bonds. The second-order valence-electron chi connectivity index (χ2n) is 27.4. The Morgan fingerprint density at radius 3 is 0.817 bits per heavy atom. The zero-order valence-corrected chi connectivity index (χ0v) is 62.3. The molecule has 0 saturated carbocycles. The van der Waals surface area contributed by atoms with E-state index in [9.17, 15) is 43.2 Å². The predicted molar refractivity (Wildman–Crippen MR) is 377 cm³/mol. The van der Waals surface area contributed by atoms with Crippen molar-refractivity contribution in [3.8, 4) is 0 Å². The summed E-state index contributed by atoms with van der Waals surface area (Å²) in [6.45, 7) is 9.53. The normalized spacial score (nSPS) is 14.3. The number of phosphoric acid groups is 2. The molecule has 0 fully saturated rings. The van der Waals surface area contributed by atoms with Gasteiger partial charge in [0.2, 0.25) is 0 Å². The topological polar surface area (TPSA) is 237 Å². The smallest absolute Gasteiger partial charge is 0.462 e. The van der Waals surface area contributed by atoms with Gasteiger partial charge in [0.25, 0.3) is 0 Å². The van der Waals surface area contributed by atoms with E-state index in [1.54, 1.807) is 0 Å². The summed E-state index contributed by atoms with van der Waals surface area (Å²) in [4.78, 5) is 72.7. The molecule has 0 heterocycles. The maximum absolute atomic E-state index is 13.1. The average Bonchev–Trinajstić information content (AvgIpc) is 2.95. The van der Waals surface area contributed by atoms with Gasteiger partial charge in [-0.2, -0.15) is 0 Å². The lowest BCUT2D eigenvalue weighted by molar-refractivity contribution is -0.161. The van der Waals surface area contributed by atoms with Crippen molar-refractivity contribution in [1.82, 2.24) is 0 Å². The molecular weight excluding hydrogens is 1220 g/mol. The molecule has 6 atom stereocenters. The summed E-state index contributed by atoms with van der Waals surface area (Å²) >= 11 is 0. The Labute approximate surface area is 568 Å². The molecule has 17 nitrogen and oxygen atoms in total. The number of esters is 4. The lowest BCUT2D eigenvalue weighted by Gasteiger charge is -2.21. The maximum Gasteiger partial charge on any atom is 0.472 e. The van der Waals surface area contributed by atoms with E-state index in [2.05, 4.69) is 41.5 Å². The number of unbranched alkanes of at least 4 members (excludes halogenated alkanes) is 42. The molecule has 93 heavy (non-hydrogen) atoms. The van der Waals surface area contributed by atoms with Gasteiger partial charge >= 0.3 is 39.5 Å². The van der Waals surface area contributed by atoms with Crippen LogP contribution in [-0.2, 0) is 65.4 Å². The van der Waals surface area contributed by atoms with Crippen molar-refractivity contribution in [2.75, 3.05) is 39.6 Å². The van der Waals surface area contributed by atoms with Crippen LogP contribution in [0.25, 0.3) is 0 Å². The number of ether oxygens (including phenoxy) is 4. The quantitative estimate of drug-likeness (QED) is 0.0222. The van der Waals surface area contributed by atoms with E-state index in [0.717, 1.165) is 102 Å². The molecule has 552 valence electrons. The van der Waals surface area contributed by atoms with Crippen LogP contribution in [0.15, 0.2) is 0 Å². The monoisotopic (exact) mass is 1370 g/mol. The van der Waals surface area contributed by atoms with Gasteiger partial charge in [0.05, 0.1) is 26.4 Å². The van der Waals surface area contributed by atoms with Crippen molar-refractivity contribution < 1.29 is 80.2 Å². The zero-order chi connectivity index (χ0) is 68.6. The molecule has 0 aromatic rings. The fourth-order valence-corrected chi connectivity index (χ4v) is 12.8. The number of aliphatic hydroxyl groups is 1. The van der Waals surface area contributed by atoms with Gasteiger partial charge in [-0.25, -0.2) is 9.13 Å². The SMILES string of the molecule is CCCCCCCCCCCCCCCCCC(=O)OC[C@H](COP(=O)(O)OC[C@@H](O)COP(=O)(O)OC[C@@H](COC(=O)CCCCCCCCC(C)C)OC(=O)CCCCCCCCCCCCC(C)CC)OC(=O)CCCCCCCCCCCCCCCCC. The fourth-order valence-electron chi connectivity index (χ4n) is 11.3. The summed E-state index contributed by atoms with van der Waals surface area (Å²) in [6, 6.07) is 0. The zero-order valence-electron chi connectivity index (χ0n) is 60.6. The summed E-state index contributed by atoms with van der Waals surface area (Å²) in [7, 11) is -9.91. The van der Waals surface area contributed by atoms with E-state index in [1.807, 2.05) is 0 Å². The summed E-state index contributed by atoms with van der Waals surface area (Å²) in [6.07, 6.45) is 52.7. The third-order valence-corrected chi connectivity index (χ3v) is 19.5. The molecule has 0 spiro atoms. The number of hydrogen-bond acceptors (Lipinski definition) is 15. The van der Waals surface area contributed by atoms with Gasteiger partial charge < -0.3 is 33.8 Å². The van der Waals surface area contributed by atoms with E-state index in [0.29, 0.717) is 31.6 Å². The molecule has 0 rings (SSSR count). The van der Waals surface area contributed by atoms with Gasteiger partial charge in [-0.05, 0) is 37.5 Å². The van der Waals surface area contributed by atoms with E-state index in [4.69, 9.17) is 37.0 Å². The minimum Gasteiger partial charge on any atom is -0.462 e. The van der Waals surface area contributed by atoms with Crippen LogP contribution in [0.4, 0.5) is 0 Å². The van der Waals surface area contributed by atoms with Crippen molar-refractivity contribution in [2.45, 2.75) is 400 Å². The number of rotatable bonds is 73. The Morgan fingerprint density at radius 1 is 0.312 bits per heavy atom. The standard InChI is InChI=1S/C74H144O17P2/c1-7-10-12-14-16-18-20-22-24-26-28-33-37-44-50-56-71(76)84-62-69(90-73(78)58-52-46-38-34-29-27-25-23-21-19-17-15-13-11-8-2)64-88-92(80,81)86-60-68(75)61-87-93(82,83)89-65-70(63-85-72(77)57-51-45-41-40-42-48-54-66(4)5)91-74(79)59-53-47-39-35-31-30-32-36-43-49-55-67(6)9-3/h66-70,75H,7-65H2,1-6H3,(H,80,81)(H,82,83)/t67?,68-,69-,70-/m1/s1. The van der Waals surface area contributed by atoms with Crippen LogP contribution in [0.5, 0.6) is 0 Å². The number of aliphatic hydroxyl groups excluding tert-OH is 1. The summed E-state index contributed by atoms with van der Waals surface area (Å²) in [5.74, 6) is -0.636. The predicted octanol–water partition coefficient (Wildman–Crippen LogP) is 21.6. The second-order valence-corrected chi connectivity index (χ2v) is 30.3. The van der Waals surface area contributed by atoms with Crippen LogP contribution in [-0.4, -0.2) is 96.7 Å². The fraction of sp³-hybridized carbons (Fsp3) is 0.946. The van der Waals surface area contributed by atoms with Crippen molar-refractivity contribution in [2.24, 2.45) is 11.8 Å². The Balaban J connectivity index is 5.24. The molecule has 0 aliphatic carbocycles. The minimum absolute atomic E-state index is 0.105. The second kappa shape index (κ2) is 66.0. The van der Waals surface area contributed by atoms with Crippen LogP contribution in [0, 0.1) is 11.8 Å². The molecule has 0 aromatic carbocycles. The van der Waals surface area contributed by atoms with Gasteiger partial charge in [0.15, 0.2) is 12.2 Å². The van der Waals surface area contributed by atoms with Gasteiger partial charge in [-0.3, -0.25) is 37.3 Å². The van der Waals surface area contributed by atoms with Crippen LogP contribution >= 0.6 is 15.6 Å². The van der Waals surface area contributed by atoms with Gasteiger partial charge in [-0.1, -0.05) is 330 Å². The van der Waals surface area contributed by atoms with Crippen molar-refractivity contribution in [3.05, 3.63) is 0 Å². The first-order chi connectivity index (χ1) is 44.9. The first kappa shape index (κ1) is 91.1. The first-order valence-corrected chi connectivity index (χ1v) is 41.5. The molecule has 0 aromatic heterocycles. The van der Waals surface area contributed by atoms with Crippen LogP contribution in [0.2, 0.25) is 0 Å².